The fraction of sp³-hybridized carbons (Fsp3) is 0.231. The van der Waals surface area contributed by atoms with Gasteiger partial charge in [-0.25, -0.2) is 0 Å². The summed E-state index contributed by atoms with van der Waals surface area (Å²) >= 11 is 12.0. The second kappa shape index (κ2) is 6.03. The summed E-state index contributed by atoms with van der Waals surface area (Å²) in [6.07, 6.45) is 4.34. The molecule has 0 aromatic heterocycles. The number of hydrazine groups is 1. The number of hydrogen-bond acceptors (Lipinski definition) is 3. The van der Waals surface area contributed by atoms with Crippen molar-refractivity contribution in [1.82, 2.24) is 10.4 Å². The van der Waals surface area contributed by atoms with Crippen LogP contribution in [0.2, 0.25) is 0 Å². The second-order valence-corrected chi connectivity index (χ2v) is 4.66. The van der Waals surface area contributed by atoms with Crippen LogP contribution in [-0.2, 0) is 6.42 Å². The van der Waals surface area contributed by atoms with Crippen molar-refractivity contribution >= 4 is 23.2 Å². The number of benzene rings is 1. The molecule has 1 aliphatic heterocycles. The van der Waals surface area contributed by atoms with Gasteiger partial charge in [-0.2, -0.15) is 0 Å². The largest absolute Gasteiger partial charge is 0.497 e. The van der Waals surface area contributed by atoms with Crippen LogP contribution in [0.4, 0.5) is 0 Å². The Bertz CT molecular complexity index is 486. The Morgan fingerprint density at radius 2 is 2.11 bits per heavy atom. The maximum atomic E-state index is 6.07. The third-order valence-corrected chi connectivity index (χ3v) is 3.17. The summed E-state index contributed by atoms with van der Waals surface area (Å²) in [4.78, 5) is 0. The summed E-state index contributed by atoms with van der Waals surface area (Å²) in [6.45, 7) is 0.729. The number of rotatable bonds is 4. The molecule has 0 saturated carbocycles. The third-order valence-electron chi connectivity index (χ3n) is 2.63. The van der Waals surface area contributed by atoms with Crippen molar-refractivity contribution in [1.29, 1.82) is 0 Å². The van der Waals surface area contributed by atoms with Crippen LogP contribution in [0.5, 0.6) is 5.75 Å². The minimum atomic E-state index is 0.560. The van der Waals surface area contributed by atoms with Gasteiger partial charge in [0.05, 0.1) is 7.11 Å². The summed E-state index contributed by atoms with van der Waals surface area (Å²) in [5.41, 5.74) is 4.18. The van der Waals surface area contributed by atoms with Crippen LogP contribution in [0, 0.1) is 0 Å². The maximum absolute atomic E-state index is 6.07. The van der Waals surface area contributed by atoms with Gasteiger partial charge in [0.25, 0.3) is 0 Å². The zero-order valence-electron chi connectivity index (χ0n) is 9.99. The Morgan fingerprint density at radius 3 is 2.89 bits per heavy atom. The van der Waals surface area contributed by atoms with Gasteiger partial charge in [-0.3, -0.25) is 10.4 Å². The molecule has 1 aliphatic rings. The molecular weight excluding hydrogens is 271 g/mol. The lowest BCUT2D eigenvalue weighted by Gasteiger charge is -2.27. The molecule has 0 saturated heterocycles. The van der Waals surface area contributed by atoms with Gasteiger partial charge in [0.2, 0.25) is 0 Å². The third kappa shape index (κ3) is 3.34. The summed E-state index contributed by atoms with van der Waals surface area (Å²) in [7, 11) is 1.66. The van der Waals surface area contributed by atoms with Crippen LogP contribution in [0.3, 0.4) is 0 Å². The van der Waals surface area contributed by atoms with Crippen LogP contribution in [-0.4, -0.2) is 18.7 Å². The molecule has 0 fully saturated rings. The number of methoxy groups -OCH3 is 1. The summed E-state index contributed by atoms with van der Waals surface area (Å²) in [5, 5.41) is 3.00. The van der Waals surface area contributed by atoms with Gasteiger partial charge >= 0.3 is 0 Å². The van der Waals surface area contributed by atoms with Crippen LogP contribution in [0.1, 0.15) is 5.56 Å². The lowest BCUT2D eigenvalue weighted by molar-refractivity contribution is 0.300. The standard InChI is InChI=1S/C13H14Cl2N2O/c1-18-11-4-2-3-10(9-11)7-8-17-13(15)6-5-12(14)16-17/h2-6,9,16H,7-8H2,1H3. The number of ether oxygens (including phenoxy) is 1. The van der Waals surface area contributed by atoms with E-state index in [1.807, 2.05) is 23.2 Å². The maximum Gasteiger partial charge on any atom is 0.123 e. The normalized spacial score (nSPS) is 14.7. The topological polar surface area (TPSA) is 24.5 Å². The SMILES string of the molecule is COc1cccc(CCN2NC(Cl)=CC=C2Cl)c1. The number of allylic oxidation sites excluding steroid dienone is 2. The van der Waals surface area contributed by atoms with Gasteiger partial charge in [0.1, 0.15) is 16.1 Å². The summed E-state index contributed by atoms with van der Waals surface area (Å²) in [6, 6.07) is 7.97. The Hall–Kier alpha value is -1.32. The van der Waals surface area contributed by atoms with Gasteiger partial charge in [-0.05, 0) is 36.3 Å². The first-order chi connectivity index (χ1) is 8.69. The second-order valence-electron chi connectivity index (χ2n) is 3.87. The zero-order valence-corrected chi connectivity index (χ0v) is 11.5. The highest BCUT2D eigenvalue weighted by Gasteiger charge is 2.11. The molecule has 5 heteroatoms. The Kier molecular flexibility index (Phi) is 4.39. The first-order valence-corrected chi connectivity index (χ1v) is 6.35. The van der Waals surface area contributed by atoms with Crippen LogP contribution in [0.15, 0.2) is 46.7 Å². The van der Waals surface area contributed by atoms with Gasteiger partial charge in [-0.15, -0.1) is 0 Å². The van der Waals surface area contributed by atoms with Crippen molar-refractivity contribution in [2.45, 2.75) is 6.42 Å². The summed E-state index contributed by atoms with van der Waals surface area (Å²) < 4.78 is 5.19. The molecule has 0 aliphatic carbocycles. The van der Waals surface area contributed by atoms with Gasteiger partial charge in [0, 0.05) is 6.54 Å². The Balaban J connectivity index is 1.95. The number of hydrogen-bond donors (Lipinski definition) is 1. The van der Waals surface area contributed by atoms with E-state index in [1.54, 1.807) is 19.3 Å². The Morgan fingerprint density at radius 1 is 1.28 bits per heavy atom. The molecule has 2 rings (SSSR count). The first-order valence-electron chi connectivity index (χ1n) is 5.59. The van der Waals surface area contributed by atoms with E-state index in [2.05, 4.69) is 11.5 Å². The molecule has 0 amide bonds. The van der Waals surface area contributed by atoms with Crippen LogP contribution < -0.4 is 10.2 Å². The van der Waals surface area contributed by atoms with E-state index in [-0.39, 0.29) is 0 Å². The quantitative estimate of drug-likeness (QED) is 0.860. The molecule has 1 aromatic carbocycles. The van der Waals surface area contributed by atoms with Crippen molar-refractivity contribution in [3.05, 3.63) is 52.3 Å². The highest BCUT2D eigenvalue weighted by Crippen LogP contribution is 2.18. The predicted octanol–water partition coefficient (Wildman–Crippen LogP) is 3.22. The lowest BCUT2D eigenvalue weighted by atomic mass is 10.1. The molecule has 0 atom stereocenters. The zero-order chi connectivity index (χ0) is 13.0. The van der Waals surface area contributed by atoms with E-state index >= 15 is 0 Å². The van der Waals surface area contributed by atoms with Crippen molar-refractivity contribution in [2.75, 3.05) is 13.7 Å². The van der Waals surface area contributed by atoms with E-state index in [0.717, 1.165) is 18.7 Å². The fourth-order valence-corrected chi connectivity index (χ4v) is 2.04. The van der Waals surface area contributed by atoms with Crippen molar-refractivity contribution < 1.29 is 4.74 Å². The minimum Gasteiger partial charge on any atom is -0.497 e. The molecule has 3 nitrogen and oxygen atoms in total. The van der Waals surface area contributed by atoms with Crippen LogP contribution in [0.25, 0.3) is 0 Å². The van der Waals surface area contributed by atoms with Gasteiger partial charge in [0.15, 0.2) is 0 Å². The number of nitrogens with one attached hydrogen (secondary N) is 1. The molecular formula is C13H14Cl2N2O. The first kappa shape index (κ1) is 13.1. The van der Waals surface area contributed by atoms with E-state index in [4.69, 9.17) is 27.9 Å². The highest BCUT2D eigenvalue weighted by molar-refractivity contribution is 6.31. The number of nitrogens with zero attached hydrogens (tertiary/aromatic N) is 1. The average Bonchev–Trinajstić information content (AvgIpc) is 2.40. The molecule has 96 valence electrons. The fourth-order valence-electron chi connectivity index (χ4n) is 1.68. The lowest BCUT2D eigenvalue weighted by Crippen LogP contribution is -2.37. The molecule has 0 radical (unpaired) electrons. The van der Waals surface area contributed by atoms with Crippen molar-refractivity contribution in [2.24, 2.45) is 0 Å². The van der Waals surface area contributed by atoms with Crippen LogP contribution >= 0.6 is 23.2 Å². The highest BCUT2D eigenvalue weighted by atomic mass is 35.5. The molecule has 18 heavy (non-hydrogen) atoms. The van der Waals surface area contributed by atoms with E-state index in [0.29, 0.717) is 10.3 Å². The summed E-state index contributed by atoms with van der Waals surface area (Å²) in [5.74, 6) is 0.860. The monoisotopic (exact) mass is 284 g/mol. The molecule has 1 heterocycles. The van der Waals surface area contributed by atoms with Gasteiger partial charge < -0.3 is 4.74 Å². The molecule has 1 aromatic rings. The van der Waals surface area contributed by atoms with Crippen molar-refractivity contribution in [3.63, 3.8) is 0 Å². The molecule has 0 spiro atoms. The Labute approximate surface area is 117 Å². The van der Waals surface area contributed by atoms with Crippen molar-refractivity contribution in [3.8, 4) is 5.75 Å². The number of halogens is 2. The van der Waals surface area contributed by atoms with E-state index < -0.39 is 0 Å². The minimum absolute atomic E-state index is 0.560. The predicted molar refractivity (Wildman–Crippen MR) is 74.4 cm³/mol. The van der Waals surface area contributed by atoms with Gasteiger partial charge in [-0.1, -0.05) is 35.3 Å². The average molecular weight is 285 g/mol. The smallest absolute Gasteiger partial charge is 0.123 e. The molecule has 0 unspecified atom stereocenters. The molecule has 0 bridgehead atoms. The van der Waals surface area contributed by atoms with E-state index in [1.165, 1.54) is 5.56 Å². The van der Waals surface area contributed by atoms with E-state index in [9.17, 15) is 0 Å². The molecule has 1 N–H and O–H groups in total.